The van der Waals surface area contributed by atoms with E-state index in [1.807, 2.05) is 6.92 Å². The highest BCUT2D eigenvalue weighted by Gasteiger charge is 2.06. The smallest absolute Gasteiger partial charge is 0.165 e. The molecule has 2 aromatic rings. The number of rotatable bonds is 3. The fraction of sp³-hybridized carbons (Fsp3) is 0.0833. The van der Waals surface area contributed by atoms with Crippen LogP contribution in [0.15, 0.2) is 29.6 Å². The number of benzene rings is 1. The van der Waals surface area contributed by atoms with E-state index in [-0.39, 0.29) is 5.75 Å². The number of aldehydes is 1. The van der Waals surface area contributed by atoms with Gasteiger partial charge in [-0.05, 0) is 24.6 Å². The molecule has 4 heteroatoms. The lowest BCUT2D eigenvalue weighted by atomic mass is 10.2. The van der Waals surface area contributed by atoms with Crippen molar-refractivity contribution >= 4 is 17.6 Å². The summed E-state index contributed by atoms with van der Waals surface area (Å²) < 4.78 is 18.7. The number of halogens is 1. The summed E-state index contributed by atoms with van der Waals surface area (Å²) in [4.78, 5) is 11.0. The summed E-state index contributed by atoms with van der Waals surface area (Å²) in [5.41, 5.74) is 0.919. The van der Waals surface area contributed by atoms with Gasteiger partial charge in [0.2, 0.25) is 0 Å². The summed E-state index contributed by atoms with van der Waals surface area (Å²) >= 11 is 1.26. The average molecular weight is 236 g/mol. The number of hydrogen-bond acceptors (Lipinski definition) is 3. The Bertz CT molecular complexity index is 519. The zero-order valence-corrected chi connectivity index (χ0v) is 9.38. The van der Waals surface area contributed by atoms with Gasteiger partial charge in [0, 0.05) is 11.4 Å². The lowest BCUT2D eigenvalue weighted by Gasteiger charge is -2.05. The fourth-order valence-corrected chi connectivity index (χ4v) is 1.87. The van der Waals surface area contributed by atoms with Crippen molar-refractivity contribution in [2.45, 2.75) is 6.92 Å². The van der Waals surface area contributed by atoms with E-state index in [2.05, 4.69) is 0 Å². The summed E-state index contributed by atoms with van der Waals surface area (Å²) in [6, 6.07) is 6.23. The topological polar surface area (TPSA) is 26.3 Å². The molecule has 82 valence electrons. The van der Waals surface area contributed by atoms with Gasteiger partial charge >= 0.3 is 0 Å². The first-order chi connectivity index (χ1) is 7.69. The second-order valence-electron chi connectivity index (χ2n) is 3.34. The summed E-state index contributed by atoms with van der Waals surface area (Å²) in [6.45, 7) is 1.86. The minimum atomic E-state index is -0.413. The van der Waals surface area contributed by atoms with Crippen molar-refractivity contribution in [3.8, 4) is 11.5 Å². The molecule has 0 saturated carbocycles. The second-order valence-corrected chi connectivity index (χ2v) is 4.28. The molecule has 16 heavy (non-hydrogen) atoms. The van der Waals surface area contributed by atoms with Crippen LogP contribution in [-0.2, 0) is 0 Å². The van der Waals surface area contributed by atoms with Gasteiger partial charge < -0.3 is 4.74 Å². The first-order valence-corrected chi connectivity index (χ1v) is 5.55. The number of aryl methyl sites for hydroxylation is 1. The van der Waals surface area contributed by atoms with Gasteiger partial charge in [-0.15, -0.1) is 11.3 Å². The third-order valence-electron chi connectivity index (χ3n) is 2.03. The van der Waals surface area contributed by atoms with Crippen LogP contribution in [-0.4, -0.2) is 6.29 Å². The van der Waals surface area contributed by atoms with Crippen molar-refractivity contribution in [3.63, 3.8) is 0 Å². The summed E-state index contributed by atoms with van der Waals surface area (Å²) in [5.74, 6) is 0.247. The zero-order valence-electron chi connectivity index (χ0n) is 8.57. The lowest BCUT2D eigenvalue weighted by molar-refractivity contribution is 0.112. The zero-order chi connectivity index (χ0) is 11.5. The maximum absolute atomic E-state index is 13.4. The molecule has 1 aromatic carbocycles. The Kier molecular flexibility index (Phi) is 3.01. The van der Waals surface area contributed by atoms with Crippen molar-refractivity contribution in [2.24, 2.45) is 0 Å². The number of carbonyl (C=O) groups is 1. The molecule has 0 aliphatic rings. The largest absolute Gasteiger partial charge is 0.453 e. The van der Waals surface area contributed by atoms with E-state index in [0.717, 1.165) is 11.8 Å². The summed E-state index contributed by atoms with van der Waals surface area (Å²) in [5, 5.41) is 1.67. The van der Waals surface area contributed by atoms with E-state index in [1.54, 1.807) is 23.6 Å². The van der Waals surface area contributed by atoms with Crippen LogP contribution in [0.2, 0.25) is 0 Å². The molecule has 0 saturated heterocycles. The molecular formula is C12H9FO2S. The van der Waals surface area contributed by atoms with E-state index in [0.29, 0.717) is 10.6 Å². The van der Waals surface area contributed by atoms with Crippen LogP contribution in [0.4, 0.5) is 4.39 Å². The minimum Gasteiger partial charge on any atom is -0.453 e. The predicted molar refractivity (Wildman–Crippen MR) is 60.9 cm³/mol. The van der Waals surface area contributed by atoms with Crippen molar-refractivity contribution in [1.29, 1.82) is 0 Å². The van der Waals surface area contributed by atoms with Crippen molar-refractivity contribution in [2.75, 3.05) is 0 Å². The Morgan fingerprint density at radius 1 is 1.38 bits per heavy atom. The molecule has 0 amide bonds. The van der Waals surface area contributed by atoms with Crippen molar-refractivity contribution in [3.05, 3.63) is 45.9 Å². The molecule has 0 bridgehead atoms. The molecule has 0 fully saturated rings. The molecule has 2 nitrogen and oxygen atoms in total. The maximum atomic E-state index is 13.4. The quantitative estimate of drug-likeness (QED) is 0.758. The van der Waals surface area contributed by atoms with Gasteiger partial charge in [-0.25, -0.2) is 4.39 Å². The van der Waals surface area contributed by atoms with Gasteiger partial charge in [0.15, 0.2) is 17.9 Å². The van der Waals surface area contributed by atoms with Gasteiger partial charge in [0.1, 0.15) is 5.75 Å². The number of hydrogen-bond donors (Lipinski definition) is 0. The average Bonchev–Trinajstić information content (AvgIpc) is 2.71. The molecule has 0 radical (unpaired) electrons. The van der Waals surface area contributed by atoms with Gasteiger partial charge in [-0.2, -0.15) is 0 Å². The molecule has 0 aliphatic carbocycles. The molecule has 1 aromatic heterocycles. The van der Waals surface area contributed by atoms with Crippen molar-refractivity contribution in [1.82, 2.24) is 0 Å². The maximum Gasteiger partial charge on any atom is 0.165 e. The van der Waals surface area contributed by atoms with Crippen LogP contribution >= 0.6 is 11.3 Å². The van der Waals surface area contributed by atoms with E-state index in [4.69, 9.17) is 4.74 Å². The lowest BCUT2D eigenvalue weighted by Crippen LogP contribution is -1.87. The molecule has 1 heterocycles. The van der Waals surface area contributed by atoms with E-state index in [9.17, 15) is 9.18 Å². The molecule has 0 aliphatic heterocycles. The highest BCUT2D eigenvalue weighted by molar-refractivity contribution is 7.11. The second kappa shape index (κ2) is 4.45. The first kappa shape index (κ1) is 10.8. The van der Waals surface area contributed by atoms with Crippen LogP contribution in [0.5, 0.6) is 11.5 Å². The van der Waals surface area contributed by atoms with Crippen LogP contribution in [0.25, 0.3) is 0 Å². The minimum absolute atomic E-state index is 0.176. The van der Waals surface area contributed by atoms with Gasteiger partial charge in [0.05, 0.1) is 4.88 Å². The van der Waals surface area contributed by atoms with E-state index < -0.39 is 5.82 Å². The normalized spacial score (nSPS) is 10.1. The Hall–Kier alpha value is -1.68. The van der Waals surface area contributed by atoms with Gasteiger partial charge in [-0.3, -0.25) is 4.79 Å². The first-order valence-electron chi connectivity index (χ1n) is 4.67. The SMILES string of the molecule is Cc1ccc(F)c(Oc2csc(C=O)c2)c1. The number of carbonyl (C=O) groups excluding carboxylic acids is 1. The highest BCUT2D eigenvalue weighted by atomic mass is 32.1. The Morgan fingerprint density at radius 2 is 2.19 bits per heavy atom. The Balaban J connectivity index is 2.26. The Morgan fingerprint density at radius 3 is 2.88 bits per heavy atom. The third kappa shape index (κ3) is 2.28. The Labute approximate surface area is 96.3 Å². The highest BCUT2D eigenvalue weighted by Crippen LogP contribution is 2.28. The number of ether oxygens (including phenoxy) is 1. The summed E-state index contributed by atoms with van der Waals surface area (Å²) in [6.07, 6.45) is 0.740. The predicted octanol–water partition coefficient (Wildman–Crippen LogP) is 3.80. The van der Waals surface area contributed by atoms with E-state index in [1.165, 1.54) is 17.4 Å². The molecule has 2 rings (SSSR count). The van der Waals surface area contributed by atoms with Crippen LogP contribution < -0.4 is 4.74 Å². The standard InChI is InChI=1S/C12H9FO2S/c1-8-2-3-11(13)12(4-8)15-9-5-10(6-14)16-7-9/h2-7H,1H3. The molecular weight excluding hydrogens is 227 g/mol. The van der Waals surface area contributed by atoms with Crippen LogP contribution in [0.1, 0.15) is 15.2 Å². The molecule has 0 atom stereocenters. The number of thiophene rings is 1. The van der Waals surface area contributed by atoms with Crippen LogP contribution in [0.3, 0.4) is 0 Å². The summed E-state index contributed by atoms with van der Waals surface area (Å²) in [7, 11) is 0. The van der Waals surface area contributed by atoms with Gasteiger partial charge in [-0.1, -0.05) is 6.07 Å². The van der Waals surface area contributed by atoms with Crippen molar-refractivity contribution < 1.29 is 13.9 Å². The molecule has 0 unspecified atom stereocenters. The van der Waals surface area contributed by atoms with Crippen LogP contribution in [0, 0.1) is 12.7 Å². The molecule has 0 N–H and O–H groups in total. The third-order valence-corrected chi connectivity index (χ3v) is 2.86. The monoisotopic (exact) mass is 236 g/mol. The molecule has 0 spiro atoms. The van der Waals surface area contributed by atoms with E-state index >= 15 is 0 Å². The fourth-order valence-electron chi connectivity index (χ4n) is 1.27. The van der Waals surface area contributed by atoms with Gasteiger partial charge in [0.25, 0.3) is 0 Å².